The number of unbranched alkanes of at least 4 members (excludes halogenated alkanes) is 12. The maximum atomic E-state index is 12.3. The zero-order chi connectivity index (χ0) is 32.2. The van der Waals surface area contributed by atoms with Crippen LogP contribution in [0.1, 0.15) is 162 Å². The van der Waals surface area contributed by atoms with Crippen molar-refractivity contribution in [2.45, 2.75) is 168 Å². The van der Waals surface area contributed by atoms with Crippen LogP contribution < -0.4 is 0 Å². The third kappa shape index (κ3) is 33.9. The molecule has 0 heterocycles. The van der Waals surface area contributed by atoms with Gasteiger partial charge in [-0.05, 0) is 70.6 Å². The summed E-state index contributed by atoms with van der Waals surface area (Å²) in [6, 6.07) is 0. The van der Waals surface area contributed by atoms with Gasteiger partial charge in [0.05, 0.1) is 6.42 Å². The molecular weight excluding hydrogens is 544 g/mol. The molecule has 0 aliphatic carbocycles. The molecule has 1 unspecified atom stereocenters. The molecule has 0 aliphatic rings. The second-order valence-electron chi connectivity index (χ2n) is 11.7. The van der Waals surface area contributed by atoms with Gasteiger partial charge in [0.1, 0.15) is 6.10 Å². The Morgan fingerprint density at radius 1 is 0.545 bits per heavy atom. The fraction of sp³-hybridized carbons (Fsp3) is 0.650. The van der Waals surface area contributed by atoms with Crippen LogP contribution in [0.15, 0.2) is 72.9 Å². The Balaban J connectivity index is 3.82. The van der Waals surface area contributed by atoms with Crippen molar-refractivity contribution in [1.82, 2.24) is 0 Å². The van der Waals surface area contributed by atoms with Crippen LogP contribution in [-0.2, 0) is 14.3 Å². The zero-order valence-electron chi connectivity index (χ0n) is 28.4. The minimum Gasteiger partial charge on any atom is -0.481 e. The summed E-state index contributed by atoms with van der Waals surface area (Å²) in [6.07, 6.45) is 49.2. The number of rotatable bonds is 31. The molecule has 0 saturated heterocycles. The Morgan fingerprint density at radius 2 is 0.977 bits per heavy atom. The van der Waals surface area contributed by atoms with E-state index in [4.69, 9.17) is 4.74 Å². The van der Waals surface area contributed by atoms with Crippen LogP contribution in [0.4, 0.5) is 0 Å². The fourth-order valence-corrected chi connectivity index (χ4v) is 4.85. The van der Waals surface area contributed by atoms with Gasteiger partial charge in [0.2, 0.25) is 0 Å². The molecule has 44 heavy (non-hydrogen) atoms. The summed E-state index contributed by atoms with van der Waals surface area (Å²) in [7, 11) is 0. The SMILES string of the molecule is CC/C=C\C/C=C\C/C=C\C/C=C\C/C=C\C/C=C\CCCCC(=O)OC(CCCCCCCCCCCCC)CC(=O)O. The van der Waals surface area contributed by atoms with E-state index in [9.17, 15) is 14.7 Å². The monoisotopic (exact) mass is 610 g/mol. The van der Waals surface area contributed by atoms with Crippen molar-refractivity contribution < 1.29 is 19.4 Å². The Hall–Kier alpha value is -2.62. The lowest BCUT2D eigenvalue weighted by atomic mass is 10.0. The molecule has 0 radical (unpaired) electrons. The molecule has 4 nitrogen and oxygen atoms in total. The van der Waals surface area contributed by atoms with Crippen LogP contribution in [0, 0.1) is 0 Å². The van der Waals surface area contributed by atoms with E-state index >= 15 is 0 Å². The average molecular weight is 611 g/mol. The topological polar surface area (TPSA) is 63.6 Å². The maximum absolute atomic E-state index is 12.3. The molecule has 0 spiro atoms. The highest BCUT2D eigenvalue weighted by Gasteiger charge is 2.17. The number of carbonyl (C=O) groups is 2. The summed E-state index contributed by atoms with van der Waals surface area (Å²) >= 11 is 0. The van der Waals surface area contributed by atoms with E-state index in [2.05, 4.69) is 86.8 Å². The van der Waals surface area contributed by atoms with Crippen LogP contribution >= 0.6 is 0 Å². The van der Waals surface area contributed by atoms with Gasteiger partial charge in [-0.25, -0.2) is 0 Å². The van der Waals surface area contributed by atoms with Gasteiger partial charge in [0.25, 0.3) is 0 Å². The molecule has 4 heteroatoms. The van der Waals surface area contributed by atoms with Gasteiger partial charge in [0.15, 0.2) is 0 Å². The first-order valence-electron chi connectivity index (χ1n) is 17.9. The van der Waals surface area contributed by atoms with Crippen molar-refractivity contribution >= 4 is 11.9 Å². The van der Waals surface area contributed by atoms with Gasteiger partial charge < -0.3 is 9.84 Å². The predicted molar refractivity (Wildman–Crippen MR) is 190 cm³/mol. The lowest BCUT2D eigenvalue weighted by molar-refractivity contribution is -0.153. The van der Waals surface area contributed by atoms with Crippen molar-refractivity contribution in [2.24, 2.45) is 0 Å². The van der Waals surface area contributed by atoms with E-state index in [1.165, 1.54) is 57.8 Å². The highest BCUT2D eigenvalue weighted by atomic mass is 16.5. The molecule has 0 aromatic carbocycles. The third-order valence-corrected chi connectivity index (χ3v) is 7.43. The van der Waals surface area contributed by atoms with Gasteiger partial charge in [-0.2, -0.15) is 0 Å². The number of allylic oxidation sites excluding steroid dienone is 12. The maximum Gasteiger partial charge on any atom is 0.307 e. The number of carbonyl (C=O) groups excluding carboxylic acids is 1. The fourth-order valence-electron chi connectivity index (χ4n) is 4.85. The first kappa shape index (κ1) is 41.4. The van der Waals surface area contributed by atoms with Crippen molar-refractivity contribution in [3.8, 4) is 0 Å². The first-order valence-corrected chi connectivity index (χ1v) is 17.9. The van der Waals surface area contributed by atoms with Gasteiger partial charge in [-0.1, -0.05) is 151 Å². The number of hydrogen-bond acceptors (Lipinski definition) is 3. The highest BCUT2D eigenvalue weighted by Crippen LogP contribution is 2.16. The van der Waals surface area contributed by atoms with E-state index in [0.717, 1.165) is 70.6 Å². The lowest BCUT2D eigenvalue weighted by Gasteiger charge is -2.16. The smallest absolute Gasteiger partial charge is 0.307 e. The Morgan fingerprint density at radius 3 is 1.43 bits per heavy atom. The number of esters is 1. The Labute approximate surface area is 271 Å². The van der Waals surface area contributed by atoms with E-state index in [1.54, 1.807) is 0 Å². The molecule has 0 aromatic rings. The normalized spacial score (nSPS) is 13.1. The second kappa shape index (κ2) is 34.9. The third-order valence-electron chi connectivity index (χ3n) is 7.43. The van der Waals surface area contributed by atoms with Crippen molar-refractivity contribution in [3.05, 3.63) is 72.9 Å². The van der Waals surface area contributed by atoms with Crippen LogP contribution in [0.2, 0.25) is 0 Å². The van der Waals surface area contributed by atoms with E-state index in [1.807, 2.05) is 0 Å². The average Bonchev–Trinajstić information content (AvgIpc) is 3.00. The molecule has 0 amide bonds. The quantitative estimate of drug-likeness (QED) is 0.0482. The number of carboxylic acid groups (broad SMARTS) is 1. The summed E-state index contributed by atoms with van der Waals surface area (Å²) in [5, 5.41) is 9.22. The minimum absolute atomic E-state index is 0.0952. The lowest BCUT2D eigenvalue weighted by Crippen LogP contribution is -2.21. The largest absolute Gasteiger partial charge is 0.481 e. The van der Waals surface area contributed by atoms with E-state index < -0.39 is 12.1 Å². The van der Waals surface area contributed by atoms with E-state index in [0.29, 0.717) is 12.8 Å². The second-order valence-corrected chi connectivity index (χ2v) is 11.7. The Kier molecular flexibility index (Phi) is 32.8. The number of ether oxygens (including phenoxy) is 1. The number of carboxylic acids is 1. The number of hydrogen-bond donors (Lipinski definition) is 1. The standard InChI is InChI=1S/C40H66O4/c1-3-5-7-9-11-13-15-16-17-18-19-20-21-22-23-24-26-28-30-32-34-36-40(43)44-38(37-39(41)42)35-33-31-29-27-25-14-12-10-8-6-4-2/h5,7,11,13,16-17,19-20,22-23,26,28,38H,3-4,6,8-10,12,14-15,18,21,24-25,27,29-37H2,1-2H3,(H,41,42)/b7-5-,13-11-,17-16-,20-19-,23-22-,28-26-. The summed E-state index contributed by atoms with van der Waals surface area (Å²) < 4.78 is 5.54. The van der Waals surface area contributed by atoms with Gasteiger partial charge in [-0.3, -0.25) is 9.59 Å². The van der Waals surface area contributed by atoms with Crippen LogP contribution in [0.25, 0.3) is 0 Å². The van der Waals surface area contributed by atoms with Gasteiger partial charge in [0, 0.05) is 6.42 Å². The van der Waals surface area contributed by atoms with Gasteiger partial charge in [-0.15, -0.1) is 0 Å². The van der Waals surface area contributed by atoms with Crippen molar-refractivity contribution in [3.63, 3.8) is 0 Å². The van der Waals surface area contributed by atoms with Gasteiger partial charge >= 0.3 is 11.9 Å². The molecule has 0 saturated carbocycles. The molecule has 0 bridgehead atoms. The van der Waals surface area contributed by atoms with E-state index in [-0.39, 0.29) is 12.4 Å². The molecule has 0 aliphatic heterocycles. The molecular formula is C40H66O4. The predicted octanol–water partition coefficient (Wildman–Crippen LogP) is 12.3. The Bertz CT molecular complexity index is 830. The summed E-state index contributed by atoms with van der Waals surface area (Å²) in [6.45, 7) is 4.40. The highest BCUT2D eigenvalue weighted by molar-refractivity contribution is 5.71. The van der Waals surface area contributed by atoms with Crippen LogP contribution in [-0.4, -0.2) is 23.1 Å². The zero-order valence-corrected chi connectivity index (χ0v) is 28.4. The first-order chi connectivity index (χ1) is 21.6. The summed E-state index contributed by atoms with van der Waals surface area (Å²) in [5.74, 6) is -1.16. The van der Waals surface area contributed by atoms with Crippen LogP contribution in [0.5, 0.6) is 0 Å². The van der Waals surface area contributed by atoms with Crippen molar-refractivity contribution in [1.29, 1.82) is 0 Å². The minimum atomic E-state index is -0.900. The van der Waals surface area contributed by atoms with Crippen LogP contribution in [0.3, 0.4) is 0 Å². The summed E-state index contributed by atoms with van der Waals surface area (Å²) in [4.78, 5) is 23.5. The molecule has 1 atom stereocenters. The molecule has 0 aromatic heterocycles. The molecule has 0 rings (SSSR count). The molecule has 0 fully saturated rings. The number of aliphatic carboxylic acids is 1. The van der Waals surface area contributed by atoms with Crippen molar-refractivity contribution in [2.75, 3.05) is 0 Å². The summed E-state index contributed by atoms with van der Waals surface area (Å²) in [5.41, 5.74) is 0. The molecule has 250 valence electrons. The molecule has 1 N–H and O–H groups in total.